The van der Waals surface area contributed by atoms with Gasteiger partial charge in [-0.3, -0.25) is 14.8 Å². The molecule has 0 amide bonds. The van der Waals surface area contributed by atoms with Gasteiger partial charge in [0.2, 0.25) is 5.84 Å². The minimum Gasteiger partial charge on any atom is -0.505 e. The molecule has 3 rings (SSSR count). The number of phenols is 1. The molecule has 9 nitrogen and oxygen atoms in total. The Morgan fingerprint density at radius 1 is 1.03 bits per heavy atom. The first-order valence-corrected chi connectivity index (χ1v) is 10.8. The Labute approximate surface area is 184 Å². The van der Waals surface area contributed by atoms with Crippen LogP contribution < -0.4 is 5.43 Å². The van der Waals surface area contributed by atoms with Gasteiger partial charge in [0, 0.05) is 11.1 Å². The van der Waals surface area contributed by atoms with Crippen molar-refractivity contribution in [2.24, 2.45) is 15.3 Å². The number of aryl methyl sites for hydroxylation is 2. The molecule has 0 aliphatic rings. The highest BCUT2D eigenvalue weighted by Gasteiger charge is 2.15. The van der Waals surface area contributed by atoms with Gasteiger partial charge in [-0.15, -0.1) is 10.2 Å². The molecule has 0 unspecified atom stereocenters. The molecule has 10 heteroatoms. The molecule has 0 atom stereocenters. The maximum Gasteiger partial charge on any atom is 0.294 e. The second kappa shape index (κ2) is 9.50. The number of hydrogen-bond donors (Lipinski definition) is 3. The highest BCUT2D eigenvalue weighted by atomic mass is 32.2. The number of carbonyl (C=O) groups excluding carboxylic acids is 1. The zero-order valence-electron chi connectivity index (χ0n) is 17.2. The van der Waals surface area contributed by atoms with E-state index < -0.39 is 15.0 Å². The van der Waals surface area contributed by atoms with Crippen molar-refractivity contribution in [3.05, 3.63) is 82.9 Å². The fourth-order valence-electron chi connectivity index (χ4n) is 2.79. The van der Waals surface area contributed by atoms with Crippen LogP contribution in [0, 0.1) is 13.8 Å². The number of azo groups is 1. The topological polar surface area (TPSA) is 141 Å². The van der Waals surface area contributed by atoms with Crippen LogP contribution in [0.1, 0.15) is 27.0 Å². The van der Waals surface area contributed by atoms with Crippen LogP contribution in [0.5, 0.6) is 5.75 Å². The molecule has 3 N–H and O–H groups in total. The number of nitrogens with one attached hydrogen (secondary N) is 1. The SMILES string of the molecule is Cc1ccc(N=N/C(=N\Nc2cc(S(=O)(=O)O)cc(C)c2O)c2ccccc2)c(C=O)c1. The first kappa shape index (κ1) is 22.8. The molecule has 0 spiro atoms. The van der Waals surface area contributed by atoms with Crippen molar-refractivity contribution in [3.8, 4) is 5.75 Å². The Balaban J connectivity index is 2.03. The van der Waals surface area contributed by atoms with Crippen molar-refractivity contribution >= 4 is 33.6 Å². The molecular weight excluding hydrogens is 432 g/mol. The van der Waals surface area contributed by atoms with Gasteiger partial charge in [-0.25, -0.2) is 0 Å². The second-order valence-corrected chi connectivity index (χ2v) is 8.33. The van der Waals surface area contributed by atoms with Crippen molar-refractivity contribution in [1.29, 1.82) is 0 Å². The van der Waals surface area contributed by atoms with Crippen molar-refractivity contribution < 1.29 is 22.9 Å². The lowest BCUT2D eigenvalue weighted by Gasteiger charge is -2.09. The molecule has 3 aromatic carbocycles. The number of anilines is 1. The normalized spacial score (nSPS) is 12.2. The second-order valence-electron chi connectivity index (χ2n) is 6.90. The van der Waals surface area contributed by atoms with Crippen LogP contribution in [0.3, 0.4) is 0 Å². The highest BCUT2D eigenvalue weighted by Crippen LogP contribution is 2.31. The molecule has 164 valence electrons. The van der Waals surface area contributed by atoms with Gasteiger partial charge < -0.3 is 5.11 Å². The third-order valence-electron chi connectivity index (χ3n) is 4.45. The van der Waals surface area contributed by atoms with E-state index in [0.29, 0.717) is 23.1 Å². The van der Waals surface area contributed by atoms with Gasteiger partial charge in [0.05, 0.1) is 16.3 Å². The molecule has 0 saturated heterocycles. The predicted octanol–water partition coefficient (Wildman–Crippen LogP) is 4.63. The number of hydrogen-bond acceptors (Lipinski definition) is 7. The van der Waals surface area contributed by atoms with Gasteiger partial charge in [-0.05, 0) is 43.7 Å². The number of rotatable bonds is 6. The van der Waals surface area contributed by atoms with E-state index in [9.17, 15) is 22.9 Å². The van der Waals surface area contributed by atoms with Crippen molar-refractivity contribution in [3.63, 3.8) is 0 Å². The lowest BCUT2D eigenvalue weighted by Crippen LogP contribution is -2.04. The molecule has 0 radical (unpaired) electrons. The average molecular weight is 452 g/mol. The minimum atomic E-state index is -4.49. The third kappa shape index (κ3) is 5.42. The molecular formula is C22H20N4O5S. The Kier molecular flexibility index (Phi) is 6.76. The van der Waals surface area contributed by atoms with Crippen molar-refractivity contribution in [1.82, 2.24) is 0 Å². The summed E-state index contributed by atoms with van der Waals surface area (Å²) in [6, 6.07) is 16.1. The first-order valence-electron chi connectivity index (χ1n) is 9.37. The summed E-state index contributed by atoms with van der Waals surface area (Å²) in [7, 11) is -4.49. The Morgan fingerprint density at radius 2 is 1.75 bits per heavy atom. The monoisotopic (exact) mass is 452 g/mol. The fourth-order valence-corrected chi connectivity index (χ4v) is 3.38. The summed E-state index contributed by atoms with van der Waals surface area (Å²) in [5.41, 5.74) is 4.93. The van der Waals surface area contributed by atoms with Crippen LogP contribution >= 0.6 is 0 Å². The van der Waals surface area contributed by atoms with Crippen molar-refractivity contribution in [2.45, 2.75) is 18.7 Å². The maximum atomic E-state index is 11.5. The molecule has 3 aromatic rings. The number of phenolic OH excluding ortho intramolecular Hbond substituents is 1. The number of hydrazone groups is 1. The molecule has 32 heavy (non-hydrogen) atoms. The van der Waals surface area contributed by atoms with Crippen LogP contribution in [0.4, 0.5) is 11.4 Å². The van der Waals surface area contributed by atoms with E-state index in [2.05, 4.69) is 20.8 Å². The van der Waals surface area contributed by atoms with E-state index in [1.807, 2.05) is 6.92 Å². The van der Waals surface area contributed by atoms with Crippen molar-refractivity contribution in [2.75, 3.05) is 5.43 Å². The van der Waals surface area contributed by atoms with Gasteiger partial charge in [0.1, 0.15) is 5.75 Å². The third-order valence-corrected chi connectivity index (χ3v) is 5.28. The lowest BCUT2D eigenvalue weighted by molar-refractivity contribution is 0.112. The fraction of sp³-hybridized carbons (Fsp3) is 0.0909. The molecule has 0 fully saturated rings. The number of aromatic hydroxyl groups is 1. The van der Waals surface area contributed by atoms with Gasteiger partial charge in [0.25, 0.3) is 10.1 Å². The summed E-state index contributed by atoms with van der Waals surface area (Å²) in [6.45, 7) is 3.33. The number of amidine groups is 1. The first-order chi connectivity index (χ1) is 15.2. The highest BCUT2D eigenvalue weighted by molar-refractivity contribution is 7.85. The van der Waals surface area contributed by atoms with E-state index in [-0.39, 0.29) is 22.8 Å². The number of nitrogens with zero attached hydrogens (tertiary/aromatic N) is 3. The van der Waals surface area contributed by atoms with Gasteiger partial charge in [-0.1, -0.05) is 42.0 Å². The predicted molar refractivity (Wildman–Crippen MR) is 120 cm³/mol. The van der Waals surface area contributed by atoms with E-state index in [1.165, 1.54) is 6.92 Å². The largest absolute Gasteiger partial charge is 0.505 e. The number of benzene rings is 3. The van der Waals surface area contributed by atoms with E-state index in [4.69, 9.17) is 0 Å². The van der Waals surface area contributed by atoms with Crippen LogP contribution in [0.2, 0.25) is 0 Å². The molecule has 0 heterocycles. The number of aldehydes is 1. The summed E-state index contributed by atoms with van der Waals surface area (Å²) in [4.78, 5) is 10.9. The summed E-state index contributed by atoms with van der Waals surface area (Å²) >= 11 is 0. The smallest absolute Gasteiger partial charge is 0.294 e. The summed E-state index contributed by atoms with van der Waals surface area (Å²) in [5.74, 6) is -0.135. The van der Waals surface area contributed by atoms with Gasteiger partial charge in [0.15, 0.2) is 6.29 Å². The summed E-state index contributed by atoms with van der Waals surface area (Å²) in [6.07, 6.45) is 0.681. The molecule has 0 aliphatic carbocycles. The zero-order valence-corrected chi connectivity index (χ0v) is 18.0. The van der Waals surface area contributed by atoms with Crippen LogP contribution in [-0.2, 0) is 10.1 Å². The van der Waals surface area contributed by atoms with E-state index in [1.54, 1.807) is 48.5 Å². The number of carbonyl (C=O) groups is 1. The van der Waals surface area contributed by atoms with Crippen LogP contribution in [0.15, 0.2) is 80.9 Å². The van der Waals surface area contributed by atoms with E-state index >= 15 is 0 Å². The Bertz CT molecular complexity index is 1320. The lowest BCUT2D eigenvalue weighted by atomic mass is 10.1. The van der Waals surface area contributed by atoms with E-state index in [0.717, 1.165) is 17.7 Å². The molecule has 0 aromatic heterocycles. The molecule has 0 saturated carbocycles. The maximum absolute atomic E-state index is 11.5. The summed E-state index contributed by atoms with van der Waals surface area (Å²) in [5, 5.41) is 22.7. The quantitative estimate of drug-likeness (QED) is 0.0947. The Hall–Kier alpha value is -3.89. The van der Waals surface area contributed by atoms with Gasteiger partial charge in [-0.2, -0.15) is 13.5 Å². The molecule has 0 bridgehead atoms. The standard InChI is InChI=1S/C22H20N4O5S/c1-14-8-9-19(17(10-14)13-27)23-25-22(16-6-4-3-5-7-16)26-24-20-12-18(32(29,30)31)11-15(2)21(20)28/h3-13,24,28H,1-2H3,(H,29,30,31)/b25-23?,26-22-. The average Bonchev–Trinajstić information content (AvgIpc) is 2.76. The van der Waals surface area contributed by atoms with Crippen LogP contribution in [-0.4, -0.2) is 30.2 Å². The summed E-state index contributed by atoms with van der Waals surface area (Å²) < 4.78 is 32.3. The minimum absolute atomic E-state index is 0.0508. The van der Waals surface area contributed by atoms with Crippen LogP contribution in [0.25, 0.3) is 0 Å². The van der Waals surface area contributed by atoms with Gasteiger partial charge >= 0.3 is 0 Å². The zero-order chi connectivity index (χ0) is 23.3. The Morgan fingerprint density at radius 3 is 2.41 bits per heavy atom. The molecule has 0 aliphatic heterocycles.